The van der Waals surface area contributed by atoms with Gasteiger partial charge in [-0.2, -0.15) is 0 Å². The Hall–Kier alpha value is -2.08. The Kier molecular flexibility index (Phi) is 2.87. The van der Waals surface area contributed by atoms with Crippen LogP contribution < -0.4 is 5.01 Å². The lowest BCUT2D eigenvalue weighted by Crippen LogP contribution is -2.49. The normalized spacial score (nSPS) is 17.0. The van der Waals surface area contributed by atoms with Crippen LogP contribution in [0.2, 0.25) is 0 Å². The molecule has 0 saturated carbocycles. The zero-order valence-corrected chi connectivity index (χ0v) is 10.8. The molecule has 2 aromatic rings. The fraction of sp³-hybridized carbons (Fsp3) is 0.385. The van der Waals surface area contributed by atoms with Crippen LogP contribution in [-0.2, 0) is 0 Å². The molecule has 1 saturated heterocycles. The smallest absolute Gasteiger partial charge is 0.335 e. The monoisotopic (exact) mass is 260 g/mol. The molecular formula is C13H16N4O2. The number of aromatic carboxylic acids is 1. The second kappa shape index (κ2) is 4.55. The van der Waals surface area contributed by atoms with Crippen LogP contribution in [0.15, 0.2) is 24.5 Å². The first-order valence-corrected chi connectivity index (χ1v) is 6.29. The average molecular weight is 260 g/mol. The Morgan fingerprint density at radius 2 is 2.00 bits per heavy atom. The summed E-state index contributed by atoms with van der Waals surface area (Å²) in [5, 5.41) is 11.2. The van der Waals surface area contributed by atoms with E-state index in [0.717, 1.165) is 37.2 Å². The van der Waals surface area contributed by atoms with Gasteiger partial charge in [0.15, 0.2) is 0 Å². The highest BCUT2D eigenvalue weighted by molar-refractivity contribution is 5.92. The highest BCUT2D eigenvalue weighted by atomic mass is 16.4. The third-order valence-electron chi connectivity index (χ3n) is 3.56. The van der Waals surface area contributed by atoms with Gasteiger partial charge >= 0.3 is 5.97 Å². The maximum absolute atomic E-state index is 10.9. The molecule has 1 aromatic carbocycles. The van der Waals surface area contributed by atoms with E-state index >= 15 is 0 Å². The van der Waals surface area contributed by atoms with Crippen LogP contribution in [0.25, 0.3) is 11.0 Å². The van der Waals surface area contributed by atoms with Gasteiger partial charge in [-0.05, 0) is 25.2 Å². The molecule has 6 nitrogen and oxygen atoms in total. The average Bonchev–Trinajstić information content (AvgIpc) is 2.82. The van der Waals surface area contributed by atoms with Crippen LogP contribution >= 0.6 is 0 Å². The van der Waals surface area contributed by atoms with Gasteiger partial charge in [0.25, 0.3) is 0 Å². The minimum atomic E-state index is -0.920. The van der Waals surface area contributed by atoms with E-state index in [1.807, 2.05) is 10.7 Å². The molecule has 0 spiro atoms. The van der Waals surface area contributed by atoms with Crippen molar-refractivity contribution in [2.75, 3.05) is 38.2 Å². The molecule has 6 heteroatoms. The van der Waals surface area contributed by atoms with Crippen molar-refractivity contribution in [1.82, 2.24) is 14.6 Å². The Morgan fingerprint density at radius 3 is 2.68 bits per heavy atom. The number of nitrogens with zero attached hydrogens (tertiary/aromatic N) is 4. The highest BCUT2D eigenvalue weighted by Gasteiger charge is 2.16. The standard InChI is InChI=1S/C13H16N4O2/c1-15-4-6-16(7-5-15)17-9-14-11-8-10(13(18)19)2-3-12(11)17/h2-3,8-9H,4-7H2,1H3,(H,18,19). The van der Waals surface area contributed by atoms with Gasteiger partial charge in [-0.3, -0.25) is 0 Å². The Bertz CT molecular complexity index is 614. The number of carbonyl (C=O) groups is 1. The van der Waals surface area contributed by atoms with Crippen LogP contribution in [-0.4, -0.2) is 58.9 Å². The van der Waals surface area contributed by atoms with Crippen molar-refractivity contribution < 1.29 is 9.90 Å². The third kappa shape index (κ3) is 2.15. The number of hydrogen-bond acceptors (Lipinski definition) is 4. The highest BCUT2D eigenvalue weighted by Crippen LogP contribution is 2.16. The fourth-order valence-electron chi connectivity index (χ4n) is 2.37. The van der Waals surface area contributed by atoms with E-state index in [0.29, 0.717) is 0 Å². The first kappa shape index (κ1) is 12.0. The number of piperazine rings is 1. The summed E-state index contributed by atoms with van der Waals surface area (Å²) in [4.78, 5) is 17.5. The molecule has 0 radical (unpaired) electrons. The molecule has 1 N–H and O–H groups in total. The Balaban J connectivity index is 1.95. The lowest BCUT2D eigenvalue weighted by Gasteiger charge is -2.34. The van der Waals surface area contributed by atoms with Crippen LogP contribution in [0.5, 0.6) is 0 Å². The molecule has 1 aliphatic heterocycles. The molecular weight excluding hydrogens is 244 g/mol. The quantitative estimate of drug-likeness (QED) is 0.857. The van der Waals surface area contributed by atoms with Gasteiger partial charge in [0.2, 0.25) is 0 Å². The van der Waals surface area contributed by atoms with E-state index in [4.69, 9.17) is 5.11 Å². The third-order valence-corrected chi connectivity index (χ3v) is 3.56. The summed E-state index contributed by atoms with van der Waals surface area (Å²) in [6.07, 6.45) is 1.77. The first-order chi connectivity index (χ1) is 9.15. The van der Waals surface area contributed by atoms with Crippen molar-refractivity contribution in [3.8, 4) is 0 Å². The predicted octanol–water partition coefficient (Wildman–Crippen LogP) is 0.618. The zero-order chi connectivity index (χ0) is 13.4. The lowest BCUT2D eigenvalue weighted by atomic mass is 10.2. The Morgan fingerprint density at radius 1 is 1.26 bits per heavy atom. The van der Waals surface area contributed by atoms with Crippen molar-refractivity contribution in [1.29, 1.82) is 0 Å². The van der Waals surface area contributed by atoms with Gasteiger partial charge in [0.1, 0.15) is 6.33 Å². The number of benzene rings is 1. The van der Waals surface area contributed by atoms with Crippen molar-refractivity contribution in [3.63, 3.8) is 0 Å². The summed E-state index contributed by atoms with van der Waals surface area (Å²) in [6, 6.07) is 5.06. The largest absolute Gasteiger partial charge is 0.478 e. The molecule has 1 aliphatic rings. The number of carboxylic acid groups (broad SMARTS) is 1. The van der Waals surface area contributed by atoms with Gasteiger partial charge in [-0.15, -0.1) is 0 Å². The van der Waals surface area contributed by atoms with Gasteiger partial charge in [0.05, 0.1) is 16.6 Å². The molecule has 0 unspecified atom stereocenters. The first-order valence-electron chi connectivity index (χ1n) is 6.29. The maximum Gasteiger partial charge on any atom is 0.335 e. The molecule has 100 valence electrons. The predicted molar refractivity (Wildman–Crippen MR) is 72.1 cm³/mol. The van der Waals surface area contributed by atoms with E-state index < -0.39 is 5.97 Å². The molecule has 0 bridgehead atoms. The number of likely N-dealkylation sites (N-methyl/N-ethyl adjacent to an activating group) is 1. The minimum absolute atomic E-state index is 0.274. The summed E-state index contributed by atoms with van der Waals surface area (Å²) in [5.74, 6) is -0.920. The molecule has 1 fully saturated rings. The van der Waals surface area contributed by atoms with E-state index in [-0.39, 0.29) is 5.56 Å². The summed E-state index contributed by atoms with van der Waals surface area (Å²) >= 11 is 0. The molecule has 2 heterocycles. The van der Waals surface area contributed by atoms with Gasteiger partial charge < -0.3 is 15.0 Å². The van der Waals surface area contributed by atoms with Crippen molar-refractivity contribution in [3.05, 3.63) is 30.1 Å². The topological polar surface area (TPSA) is 61.6 Å². The van der Waals surface area contributed by atoms with E-state index in [9.17, 15) is 4.79 Å². The second-order valence-corrected chi connectivity index (χ2v) is 4.85. The van der Waals surface area contributed by atoms with Crippen molar-refractivity contribution in [2.45, 2.75) is 0 Å². The molecule has 19 heavy (non-hydrogen) atoms. The molecule has 0 atom stereocenters. The van der Waals surface area contributed by atoms with Crippen molar-refractivity contribution in [2.24, 2.45) is 0 Å². The molecule has 3 rings (SSSR count). The van der Waals surface area contributed by atoms with Crippen LogP contribution in [0.1, 0.15) is 10.4 Å². The second-order valence-electron chi connectivity index (χ2n) is 4.85. The summed E-state index contributed by atoms with van der Waals surface area (Å²) in [7, 11) is 2.11. The van der Waals surface area contributed by atoms with Crippen LogP contribution in [0, 0.1) is 0 Å². The number of hydrogen-bond donors (Lipinski definition) is 1. The number of fused-ring (bicyclic) bond motifs is 1. The number of aromatic nitrogens is 2. The van der Waals surface area contributed by atoms with Gasteiger partial charge in [-0.25, -0.2) is 14.5 Å². The minimum Gasteiger partial charge on any atom is -0.478 e. The Labute approximate surface area is 110 Å². The van der Waals surface area contributed by atoms with E-state index in [1.54, 1.807) is 18.5 Å². The van der Waals surface area contributed by atoms with Gasteiger partial charge in [0, 0.05) is 26.2 Å². The summed E-state index contributed by atoms with van der Waals surface area (Å²) in [5.41, 5.74) is 1.95. The summed E-state index contributed by atoms with van der Waals surface area (Å²) in [6.45, 7) is 3.94. The SMILES string of the molecule is CN1CCN(n2cnc3cc(C(=O)O)ccc32)CC1. The zero-order valence-electron chi connectivity index (χ0n) is 10.8. The fourth-order valence-corrected chi connectivity index (χ4v) is 2.37. The van der Waals surface area contributed by atoms with Crippen molar-refractivity contribution >= 4 is 17.0 Å². The van der Waals surface area contributed by atoms with E-state index in [2.05, 4.69) is 21.9 Å². The molecule has 0 aliphatic carbocycles. The molecule has 0 amide bonds. The van der Waals surface area contributed by atoms with Gasteiger partial charge in [-0.1, -0.05) is 0 Å². The lowest BCUT2D eigenvalue weighted by molar-refractivity contribution is 0.0697. The van der Waals surface area contributed by atoms with E-state index in [1.165, 1.54) is 0 Å². The number of carboxylic acids is 1. The number of imidazole rings is 1. The van der Waals surface area contributed by atoms with Crippen LogP contribution in [0.3, 0.4) is 0 Å². The summed E-state index contributed by atoms with van der Waals surface area (Å²) < 4.78 is 2.02. The molecule has 1 aromatic heterocycles. The maximum atomic E-state index is 10.9. The number of rotatable bonds is 2. The van der Waals surface area contributed by atoms with Crippen LogP contribution in [0.4, 0.5) is 0 Å².